The summed E-state index contributed by atoms with van der Waals surface area (Å²) in [6, 6.07) is 12.2. The molecule has 1 saturated heterocycles. The minimum Gasteiger partial charge on any atom is -0.508 e. The van der Waals surface area contributed by atoms with Crippen LogP contribution >= 0.6 is 11.6 Å². The predicted octanol–water partition coefficient (Wildman–Crippen LogP) is 1.56. The smallest absolute Gasteiger partial charge is 0.115 e. The fourth-order valence-electron chi connectivity index (χ4n) is 3.84. The molecule has 1 aromatic heterocycles. The van der Waals surface area contributed by atoms with E-state index in [1.165, 1.54) is 0 Å². The van der Waals surface area contributed by atoms with Gasteiger partial charge >= 0.3 is 0 Å². The Bertz CT molecular complexity index is 1000. The number of aliphatic hydroxyl groups excluding tert-OH is 4. The van der Waals surface area contributed by atoms with Crippen LogP contribution in [0, 0.1) is 0 Å². The maximum Gasteiger partial charge on any atom is 0.115 e. The number of hydrogen-bond donors (Lipinski definition) is 5. The van der Waals surface area contributed by atoms with Crippen molar-refractivity contribution in [2.45, 2.75) is 37.1 Å². The largest absolute Gasteiger partial charge is 0.508 e. The Hall–Kier alpha value is -2.13. The van der Waals surface area contributed by atoms with Gasteiger partial charge in [0, 0.05) is 23.7 Å². The Balaban J connectivity index is 1.79. The summed E-state index contributed by atoms with van der Waals surface area (Å²) in [7, 11) is 0. The van der Waals surface area contributed by atoms with Gasteiger partial charge in [0.05, 0.1) is 17.1 Å². The normalized spacial score (nSPS) is 27.4. The third kappa shape index (κ3) is 3.61. The van der Waals surface area contributed by atoms with Crippen LogP contribution in [0.25, 0.3) is 10.9 Å². The SMILES string of the molecule is OC[C@H]1O[C@@H](c2cn(Cc3ccc(O)cc3)c3cccc(Cl)c23)[C@H](O)[C@@H](O)[C@@H]1O. The Morgan fingerprint density at radius 1 is 0.966 bits per heavy atom. The van der Waals surface area contributed by atoms with Crippen LogP contribution in [0.4, 0.5) is 0 Å². The van der Waals surface area contributed by atoms with Crippen LogP contribution < -0.4 is 0 Å². The molecule has 1 aliphatic heterocycles. The number of aromatic nitrogens is 1. The second kappa shape index (κ2) is 7.95. The van der Waals surface area contributed by atoms with Gasteiger partial charge in [-0.3, -0.25) is 0 Å². The average molecular weight is 420 g/mol. The minimum absolute atomic E-state index is 0.177. The molecule has 0 aliphatic carbocycles. The van der Waals surface area contributed by atoms with Gasteiger partial charge < -0.3 is 34.8 Å². The van der Waals surface area contributed by atoms with Crippen molar-refractivity contribution < 1.29 is 30.3 Å². The summed E-state index contributed by atoms with van der Waals surface area (Å²) in [6.45, 7) is -0.0180. The lowest BCUT2D eigenvalue weighted by atomic mass is 9.91. The lowest BCUT2D eigenvalue weighted by molar-refractivity contribution is -0.231. The van der Waals surface area contributed by atoms with Crippen LogP contribution in [0.1, 0.15) is 17.2 Å². The van der Waals surface area contributed by atoms with E-state index < -0.39 is 37.1 Å². The van der Waals surface area contributed by atoms with Gasteiger partial charge in [-0.05, 0) is 29.8 Å². The molecule has 2 heterocycles. The van der Waals surface area contributed by atoms with E-state index in [1.807, 2.05) is 16.7 Å². The highest BCUT2D eigenvalue weighted by Crippen LogP contribution is 2.39. The Morgan fingerprint density at radius 3 is 2.38 bits per heavy atom. The molecule has 0 bridgehead atoms. The van der Waals surface area contributed by atoms with Gasteiger partial charge in [-0.2, -0.15) is 0 Å². The highest BCUT2D eigenvalue weighted by atomic mass is 35.5. The van der Waals surface area contributed by atoms with E-state index in [4.69, 9.17) is 16.3 Å². The van der Waals surface area contributed by atoms with E-state index in [0.29, 0.717) is 22.5 Å². The topological polar surface area (TPSA) is 115 Å². The summed E-state index contributed by atoms with van der Waals surface area (Å²) < 4.78 is 7.68. The number of benzene rings is 2. The van der Waals surface area contributed by atoms with Crippen molar-refractivity contribution in [2.75, 3.05) is 6.61 Å². The van der Waals surface area contributed by atoms with Crippen molar-refractivity contribution in [1.82, 2.24) is 4.57 Å². The molecule has 29 heavy (non-hydrogen) atoms. The Labute approximate surface area is 172 Å². The molecule has 0 amide bonds. The fourth-order valence-corrected chi connectivity index (χ4v) is 4.12. The van der Waals surface area contributed by atoms with E-state index in [1.54, 1.807) is 36.5 Å². The van der Waals surface area contributed by atoms with Crippen molar-refractivity contribution in [3.05, 3.63) is 64.8 Å². The quantitative estimate of drug-likeness (QED) is 0.438. The van der Waals surface area contributed by atoms with E-state index in [-0.39, 0.29) is 5.75 Å². The molecule has 154 valence electrons. The molecule has 0 saturated carbocycles. The second-order valence-corrected chi connectivity index (χ2v) is 7.67. The molecule has 0 unspecified atom stereocenters. The number of phenolic OH excluding ortho intramolecular Hbond substituents is 1. The molecule has 8 heteroatoms. The van der Waals surface area contributed by atoms with Crippen LogP contribution in [0.2, 0.25) is 5.02 Å². The number of nitrogens with zero attached hydrogens (tertiary/aromatic N) is 1. The molecular weight excluding hydrogens is 398 g/mol. The minimum atomic E-state index is -1.47. The lowest BCUT2D eigenvalue weighted by Crippen LogP contribution is -2.55. The zero-order chi connectivity index (χ0) is 20.7. The molecule has 5 N–H and O–H groups in total. The Kier molecular flexibility index (Phi) is 5.52. The van der Waals surface area contributed by atoms with E-state index in [9.17, 15) is 25.5 Å². The van der Waals surface area contributed by atoms with Crippen LogP contribution in [0.5, 0.6) is 5.75 Å². The molecule has 2 aromatic carbocycles. The molecular formula is C21H22ClNO6. The second-order valence-electron chi connectivity index (χ2n) is 7.26. The van der Waals surface area contributed by atoms with E-state index >= 15 is 0 Å². The molecule has 7 nitrogen and oxygen atoms in total. The number of aromatic hydroxyl groups is 1. The van der Waals surface area contributed by atoms with Crippen molar-refractivity contribution in [3.63, 3.8) is 0 Å². The number of rotatable bonds is 4. The molecule has 0 radical (unpaired) electrons. The highest BCUT2D eigenvalue weighted by Gasteiger charge is 2.45. The molecule has 4 rings (SSSR count). The monoisotopic (exact) mass is 419 g/mol. The average Bonchev–Trinajstić information content (AvgIpc) is 3.08. The lowest BCUT2D eigenvalue weighted by Gasteiger charge is -2.40. The number of fused-ring (bicyclic) bond motifs is 1. The third-order valence-corrected chi connectivity index (χ3v) is 5.69. The maximum atomic E-state index is 10.6. The van der Waals surface area contributed by atoms with Gasteiger partial charge in [-0.1, -0.05) is 29.8 Å². The first-order chi connectivity index (χ1) is 13.9. The summed E-state index contributed by atoms with van der Waals surface area (Å²) in [4.78, 5) is 0. The van der Waals surface area contributed by atoms with Crippen molar-refractivity contribution in [2.24, 2.45) is 0 Å². The molecule has 1 aliphatic rings. The standard InChI is InChI=1S/C21H22ClNO6/c22-14-2-1-3-15-17(14)13(9-23(15)8-11-4-6-12(25)7-5-11)21-20(28)19(27)18(26)16(10-24)29-21/h1-7,9,16,18-21,24-28H,8,10H2/t16-,18-,19+,20-,21+/m1/s1. The summed E-state index contributed by atoms with van der Waals surface area (Å²) >= 11 is 6.46. The first-order valence-corrected chi connectivity index (χ1v) is 9.64. The Morgan fingerprint density at radius 2 is 1.69 bits per heavy atom. The number of halogens is 1. The van der Waals surface area contributed by atoms with Gasteiger partial charge in [-0.15, -0.1) is 0 Å². The number of hydrogen-bond acceptors (Lipinski definition) is 6. The number of phenols is 1. The van der Waals surface area contributed by atoms with Gasteiger partial charge in [0.15, 0.2) is 0 Å². The molecule has 1 fully saturated rings. The van der Waals surface area contributed by atoms with Gasteiger partial charge in [0.1, 0.15) is 36.3 Å². The van der Waals surface area contributed by atoms with Crippen molar-refractivity contribution in [3.8, 4) is 5.75 Å². The van der Waals surface area contributed by atoms with Crippen molar-refractivity contribution in [1.29, 1.82) is 0 Å². The zero-order valence-corrected chi connectivity index (χ0v) is 16.1. The first kappa shape index (κ1) is 20.2. The zero-order valence-electron chi connectivity index (χ0n) is 15.4. The first-order valence-electron chi connectivity index (χ1n) is 9.26. The molecule has 3 aromatic rings. The highest BCUT2D eigenvalue weighted by molar-refractivity contribution is 6.35. The van der Waals surface area contributed by atoms with Gasteiger partial charge in [0.25, 0.3) is 0 Å². The maximum absolute atomic E-state index is 10.6. The van der Waals surface area contributed by atoms with Crippen LogP contribution in [0.15, 0.2) is 48.7 Å². The summed E-state index contributed by atoms with van der Waals surface area (Å²) in [5.41, 5.74) is 2.30. The predicted molar refractivity (Wildman–Crippen MR) is 107 cm³/mol. The van der Waals surface area contributed by atoms with Gasteiger partial charge in [0.2, 0.25) is 0 Å². The van der Waals surface area contributed by atoms with Crippen LogP contribution in [-0.4, -0.2) is 61.1 Å². The number of ether oxygens (including phenoxy) is 1. The van der Waals surface area contributed by atoms with E-state index in [2.05, 4.69) is 0 Å². The van der Waals surface area contributed by atoms with Crippen molar-refractivity contribution >= 4 is 22.5 Å². The van der Waals surface area contributed by atoms with Crippen LogP contribution in [-0.2, 0) is 11.3 Å². The molecule has 5 atom stereocenters. The van der Waals surface area contributed by atoms with Crippen LogP contribution in [0.3, 0.4) is 0 Å². The number of aliphatic hydroxyl groups is 4. The summed E-state index contributed by atoms with van der Waals surface area (Å²) in [5, 5.41) is 50.9. The summed E-state index contributed by atoms with van der Waals surface area (Å²) in [5.74, 6) is 0.177. The molecule has 0 spiro atoms. The van der Waals surface area contributed by atoms with Gasteiger partial charge in [-0.25, -0.2) is 0 Å². The summed E-state index contributed by atoms with van der Waals surface area (Å²) in [6.07, 6.45) is -4.48. The third-order valence-electron chi connectivity index (χ3n) is 5.37. The fraction of sp³-hybridized carbons (Fsp3) is 0.333. The van der Waals surface area contributed by atoms with E-state index in [0.717, 1.165) is 11.1 Å².